The maximum absolute atomic E-state index is 13.2. The molecule has 0 bridgehead atoms. The van der Waals surface area contributed by atoms with Gasteiger partial charge in [0.05, 0.1) is 0 Å². The van der Waals surface area contributed by atoms with Crippen LogP contribution in [-0.2, 0) is 0 Å². The van der Waals surface area contributed by atoms with Crippen molar-refractivity contribution in [1.82, 2.24) is 10.2 Å². The molecule has 2 unspecified atom stereocenters. The van der Waals surface area contributed by atoms with Crippen molar-refractivity contribution in [3.63, 3.8) is 0 Å². The first-order valence-corrected chi connectivity index (χ1v) is 6.93. The van der Waals surface area contributed by atoms with E-state index in [1.165, 1.54) is 18.9 Å². The molecule has 1 aromatic rings. The molecule has 0 aromatic heterocycles. The minimum Gasteiger partial charge on any atom is -0.313 e. The summed E-state index contributed by atoms with van der Waals surface area (Å²) in [6, 6.07) is 7.86. The average Bonchev–Trinajstić information content (AvgIpc) is 2.84. The average molecular weight is 250 g/mol. The Morgan fingerprint density at radius 3 is 3.06 bits per heavy atom. The third-order valence-corrected chi connectivity index (χ3v) is 3.78. The standard InChI is InChI=1S/C15H23FN2/c1-3-8-17-15-7-9-18(11-15)12(2)13-5-4-6-14(16)10-13/h4-6,10,12,15,17H,3,7-9,11H2,1-2H3. The summed E-state index contributed by atoms with van der Waals surface area (Å²) < 4.78 is 13.2. The largest absolute Gasteiger partial charge is 0.313 e. The highest BCUT2D eigenvalue weighted by Gasteiger charge is 2.26. The molecule has 0 amide bonds. The molecule has 2 atom stereocenters. The molecule has 3 heteroatoms. The molecule has 100 valence electrons. The summed E-state index contributed by atoms with van der Waals surface area (Å²) in [4.78, 5) is 2.43. The lowest BCUT2D eigenvalue weighted by molar-refractivity contribution is 0.255. The summed E-state index contributed by atoms with van der Waals surface area (Å²) >= 11 is 0. The van der Waals surface area contributed by atoms with E-state index in [9.17, 15) is 4.39 Å². The number of halogens is 1. The van der Waals surface area contributed by atoms with E-state index in [0.717, 1.165) is 25.2 Å². The zero-order valence-corrected chi connectivity index (χ0v) is 11.3. The van der Waals surface area contributed by atoms with Gasteiger partial charge in [-0.1, -0.05) is 19.1 Å². The minimum atomic E-state index is -0.140. The summed E-state index contributed by atoms with van der Waals surface area (Å²) in [6.07, 6.45) is 2.37. The third-order valence-electron chi connectivity index (χ3n) is 3.78. The summed E-state index contributed by atoms with van der Waals surface area (Å²) in [5, 5.41) is 3.56. The molecule has 1 saturated heterocycles. The second kappa shape index (κ2) is 6.30. The van der Waals surface area contributed by atoms with Gasteiger partial charge in [0.2, 0.25) is 0 Å². The number of hydrogen-bond acceptors (Lipinski definition) is 2. The van der Waals surface area contributed by atoms with Crippen LogP contribution in [0.3, 0.4) is 0 Å². The van der Waals surface area contributed by atoms with Gasteiger partial charge in [0.1, 0.15) is 5.82 Å². The molecule has 2 nitrogen and oxygen atoms in total. The molecular formula is C15H23FN2. The normalized spacial score (nSPS) is 22.3. The molecule has 1 aliphatic heterocycles. The van der Waals surface area contributed by atoms with E-state index < -0.39 is 0 Å². The number of nitrogens with zero attached hydrogens (tertiary/aromatic N) is 1. The number of benzene rings is 1. The zero-order chi connectivity index (χ0) is 13.0. The molecule has 0 spiro atoms. The lowest BCUT2D eigenvalue weighted by Gasteiger charge is -2.25. The van der Waals surface area contributed by atoms with Crippen molar-refractivity contribution in [1.29, 1.82) is 0 Å². The van der Waals surface area contributed by atoms with Crippen molar-refractivity contribution < 1.29 is 4.39 Å². The van der Waals surface area contributed by atoms with Gasteiger partial charge < -0.3 is 5.32 Å². The van der Waals surface area contributed by atoms with E-state index in [1.54, 1.807) is 12.1 Å². The monoisotopic (exact) mass is 250 g/mol. The van der Waals surface area contributed by atoms with Gasteiger partial charge in [0.25, 0.3) is 0 Å². The van der Waals surface area contributed by atoms with Crippen LogP contribution in [0, 0.1) is 5.82 Å². The molecule has 2 rings (SSSR count). The first kappa shape index (κ1) is 13.5. The van der Waals surface area contributed by atoms with E-state index in [1.807, 2.05) is 6.07 Å². The van der Waals surface area contributed by atoms with Crippen LogP contribution < -0.4 is 5.32 Å². The van der Waals surface area contributed by atoms with E-state index in [-0.39, 0.29) is 5.82 Å². The van der Waals surface area contributed by atoms with Crippen LogP contribution >= 0.6 is 0 Å². The second-order valence-electron chi connectivity index (χ2n) is 5.17. The Labute approximate surface area is 109 Å². The summed E-state index contributed by atoms with van der Waals surface area (Å²) in [6.45, 7) is 7.61. The molecule has 1 aliphatic rings. The van der Waals surface area contributed by atoms with E-state index in [2.05, 4.69) is 24.1 Å². The number of likely N-dealkylation sites (tertiary alicyclic amines) is 1. The molecule has 0 saturated carbocycles. The molecule has 0 radical (unpaired) electrons. The van der Waals surface area contributed by atoms with Gasteiger partial charge >= 0.3 is 0 Å². The highest BCUT2D eigenvalue weighted by atomic mass is 19.1. The van der Waals surface area contributed by atoms with Crippen LogP contribution in [0.25, 0.3) is 0 Å². The first-order chi connectivity index (χ1) is 8.70. The Bertz CT molecular complexity index is 381. The Kier molecular flexibility index (Phi) is 4.72. The molecule has 1 heterocycles. The van der Waals surface area contributed by atoms with Crippen molar-refractivity contribution in [2.45, 2.75) is 38.8 Å². The SMILES string of the molecule is CCCNC1CCN(C(C)c2cccc(F)c2)C1. The quantitative estimate of drug-likeness (QED) is 0.864. The molecular weight excluding hydrogens is 227 g/mol. The topological polar surface area (TPSA) is 15.3 Å². The van der Waals surface area contributed by atoms with Crippen LogP contribution in [-0.4, -0.2) is 30.6 Å². The fraction of sp³-hybridized carbons (Fsp3) is 0.600. The Hall–Kier alpha value is -0.930. The maximum Gasteiger partial charge on any atom is 0.123 e. The highest BCUT2D eigenvalue weighted by Crippen LogP contribution is 2.25. The van der Waals surface area contributed by atoms with Crippen LogP contribution in [0.1, 0.15) is 38.3 Å². The van der Waals surface area contributed by atoms with Crippen molar-refractivity contribution in [3.8, 4) is 0 Å². The van der Waals surface area contributed by atoms with E-state index in [0.29, 0.717) is 12.1 Å². The Balaban J connectivity index is 1.92. The van der Waals surface area contributed by atoms with Crippen LogP contribution in [0.5, 0.6) is 0 Å². The summed E-state index contributed by atoms with van der Waals surface area (Å²) in [5.41, 5.74) is 1.08. The van der Waals surface area contributed by atoms with Gasteiger partial charge in [0.15, 0.2) is 0 Å². The van der Waals surface area contributed by atoms with Crippen LogP contribution in [0.15, 0.2) is 24.3 Å². The van der Waals surface area contributed by atoms with Gasteiger partial charge in [-0.2, -0.15) is 0 Å². The lowest BCUT2D eigenvalue weighted by atomic mass is 10.1. The van der Waals surface area contributed by atoms with Crippen molar-refractivity contribution in [2.24, 2.45) is 0 Å². The predicted molar refractivity (Wildman–Crippen MR) is 73.1 cm³/mol. The molecule has 1 N–H and O–H groups in total. The van der Waals surface area contributed by atoms with Crippen molar-refractivity contribution >= 4 is 0 Å². The molecule has 18 heavy (non-hydrogen) atoms. The molecule has 1 fully saturated rings. The van der Waals surface area contributed by atoms with Crippen LogP contribution in [0.2, 0.25) is 0 Å². The molecule has 0 aliphatic carbocycles. The summed E-state index contributed by atoms with van der Waals surface area (Å²) in [7, 11) is 0. The van der Waals surface area contributed by atoms with Crippen molar-refractivity contribution in [2.75, 3.05) is 19.6 Å². The van der Waals surface area contributed by atoms with Crippen LogP contribution in [0.4, 0.5) is 4.39 Å². The number of rotatable bonds is 5. The van der Waals surface area contributed by atoms with Gasteiger partial charge in [-0.3, -0.25) is 4.90 Å². The van der Waals surface area contributed by atoms with E-state index >= 15 is 0 Å². The Morgan fingerprint density at radius 1 is 1.50 bits per heavy atom. The number of hydrogen-bond donors (Lipinski definition) is 1. The Morgan fingerprint density at radius 2 is 2.33 bits per heavy atom. The van der Waals surface area contributed by atoms with Gasteiger partial charge in [-0.25, -0.2) is 4.39 Å². The van der Waals surface area contributed by atoms with Crippen molar-refractivity contribution in [3.05, 3.63) is 35.6 Å². The maximum atomic E-state index is 13.2. The highest BCUT2D eigenvalue weighted by molar-refractivity contribution is 5.20. The smallest absolute Gasteiger partial charge is 0.123 e. The number of nitrogens with one attached hydrogen (secondary N) is 1. The van der Waals surface area contributed by atoms with Gasteiger partial charge in [0, 0.05) is 25.2 Å². The van der Waals surface area contributed by atoms with Gasteiger partial charge in [-0.05, 0) is 44.0 Å². The lowest BCUT2D eigenvalue weighted by Crippen LogP contribution is -2.33. The first-order valence-electron chi connectivity index (χ1n) is 6.93. The van der Waals surface area contributed by atoms with E-state index in [4.69, 9.17) is 0 Å². The zero-order valence-electron chi connectivity index (χ0n) is 11.3. The predicted octanol–water partition coefficient (Wildman–Crippen LogP) is 2.96. The van der Waals surface area contributed by atoms with Gasteiger partial charge in [-0.15, -0.1) is 0 Å². The molecule has 1 aromatic carbocycles. The second-order valence-corrected chi connectivity index (χ2v) is 5.17. The third kappa shape index (κ3) is 3.30. The fourth-order valence-corrected chi connectivity index (χ4v) is 2.63. The fourth-order valence-electron chi connectivity index (χ4n) is 2.63. The minimum absolute atomic E-state index is 0.140. The summed E-state index contributed by atoms with van der Waals surface area (Å²) in [5.74, 6) is -0.140.